The minimum Gasteiger partial charge on any atom is -0.315 e. The largest absolute Gasteiger partial charge is 0.315 e. The average molecular weight is 263 g/mol. The normalized spacial score (nSPS) is 20.5. The second-order valence-electron chi connectivity index (χ2n) is 5.14. The monoisotopic (exact) mass is 263 g/mol. The maximum absolute atomic E-state index is 12.5. The summed E-state index contributed by atoms with van der Waals surface area (Å²) in [6, 6.07) is 0. The number of rotatable bonds is 4. The fourth-order valence-corrected chi connectivity index (χ4v) is 3.54. The third-order valence-electron chi connectivity index (χ3n) is 3.69. The third kappa shape index (κ3) is 3.40. The summed E-state index contributed by atoms with van der Waals surface area (Å²) in [4.78, 5) is 0. The van der Waals surface area contributed by atoms with Crippen LogP contribution in [0, 0.1) is 0 Å². The zero-order valence-corrected chi connectivity index (χ0v) is 12.2. The molecule has 0 bridgehead atoms. The highest BCUT2D eigenvalue weighted by atomic mass is 32.2. The molecule has 0 aromatic carbocycles. The second kappa shape index (κ2) is 5.65. The molecule has 0 amide bonds. The molecule has 1 aliphatic heterocycles. The van der Waals surface area contributed by atoms with Crippen LogP contribution in [0.25, 0.3) is 0 Å². The fourth-order valence-electron chi connectivity index (χ4n) is 1.76. The van der Waals surface area contributed by atoms with Crippen LogP contribution in [0.2, 0.25) is 0 Å². The average Bonchev–Trinajstić information content (AvgIpc) is 2.56. The summed E-state index contributed by atoms with van der Waals surface area (Å²) in [5.41, 5.74) is -0.335. The second-order valence-corrected chi connectivity index (χ2v) is 7.10. The van der Waals surface area contributed by atoms with Gasteiger partial charge >= 0.3 is 0 Å². The van der Waals surface area contributed by atoms with E-state index >= 15 is 0 Å². The highest BCUT2D eigenvalue weighted by Gasteiger charge is 2.35. The van der Waals surface area contributed by atoms with Crippen molar-refractivity contribution in [2.24, 2.45) is 0 Å². The van der Waals surface area contributed by atoms with Crippen LogP contribution in [0.5, 0.6) is 0 Å². The lowest BCUT2D eigenvalue weighted by atomic mass is 10.0. The number of hydrogen-bond donors (Lipinski definition) is 1. The van der Waals surface area contributed by atoms with Gasteiger partial charge in [0.15, 0.2) is 0 Å². The SMILES string of the molecule is CCC(C)(C)N(C)S(=O)(=O)N1CCCNCC1. The summed E-state index contributed by atoms with van der Waals surface area (Å²) in [5, 5.41) is 3.22. The lowest BCUT2D eigenvalue weighted by Crippen LogP contribution is -2.51. The van der Waals surface area contributed by atoms with Crippen LogP contribution in [0.4, 0.5) is 0 Å². The van der Waals surface area contributed by atoms with Gasteiger partial charge < -0.3 is 5.32 Å². The molecule has 5 nitrogen and oxygen atoms in total. The van der Waals surface area contributed by atoms with Gasteiger partial charge in [0.25, 0.3) is 10.2 Å². The third-order valence-corrected chi connectivity index (χ3v) is 5.89. The topological polar surface area (TPSA) is 52.7 Å². The van der Waals surface area contributed by atoms with Crippen molar-refractivity contribution in [2.75, 3.05) is 33.2 Å². The highest BCUT2D eigenvalue weighted by molar-refractivity contribution is 7.86. The van der Waals surface area contributed by atoms with Crippen molar-refractivity contribution in [1.82, 2.24) is 13.9 Å². The Morgan fingerprint density at radius 3 is 2.53 bits per heavy atom. The molecule has 0 atom stereocenters. The van der Waals surface area contributed by atoms with Crippen molar-refractivity contribution in [1.29, 1.82) is 0 Å². The first-order valence-electron chi connectivity index (χ1n) is 6.27. The standard InChI is InChI=1S/C11H25N3O2S/c1-5-11(2,3)13(4)17(15,16)14-9-6-7-12-8-10-14/h12H,5-10H2,1-4H3. The van der Waals surface area contributed by atoms with Crippen molar-refractivity contribution >= 4 is 10.2 Å². The molecule has 1 aliphatic rings. The number of nitrogens with zero attached hydrogens (tertiary/aromatic N) is 2. The Labute approximate surface area is 105 Å². The lowest BCUT2D eigenvalue weighted by Gasteiger charge is -2.37. The summed E-state index contributed by atoms with van der Waals surface area (Å²) in [6.45, 7) is 8.73. The van der Waals surface area contributed by atoms with Gasteiger partial charge in [0.2, 0.25) is 0 Å². The predicted octanol–water partition coefficient (Wildman–Crippen LogP) is 0.647. The highest BCUT2D eigenvalue weighted by Crippen LogP contribution is 2.22. The molecule has 102 valence electrons. The molecule has 1 heterocycles. The maximum Gasteiger partial charge on any atom is 0.282 e. The van der Waals surface area contributed by atoms with Gasteiger partial charge in [0, 0.05) is 32.2 Å². The summed E-state index contributed by atoms with van der Waals surface area (Å²) < 4.78 is 28.0. The smallest absolute Gasteiger partial charge is 0.282 e. The lowest BCUT2D eigenvalue weighted by molar-refractivity contribution is 0.236. The van der Waals surface area contributed by atoms with Crippen LogP contribution < -0.4 is 5.32 Å². The van der Waals surface area contributed by atoms with Crippen LogP contribution in [-0.4, -0.2) is 55.8 Å². The van der Waals surface area contributed by atoms with Gasteiger partial charge in [-0.25, -0.2) is 0 Å². The minimum absolute atomic E-state index is 0.335. The van der Waals surface area contributed by atoms with Crippen molar-refractivity contribution in [3.63, 3.8) is 0 Å². The van der Waals surface area contributed by atoms with E-state index in [-0.39, 0.29) is 5.54 Å². The minimum atomic E-state index is -3.33. The van der Waals surface area contributed by atoms with E-state index in [0.717, 1.165) is 25.9 Å². The molecule has 0 aromatic heterocycles. The Kier molecular flexibility index (Phi) is 4.95. The van der Waals surface area contributed by atoms with Crippen molar-refractivity contribution in [3.8, 4) is 0 Å². The van der Waals surface area contributed by atoms with Crippen LogP contribution >= 0.6 is 0 Å². The molecule has 17 heavy (non-hydrogen) atoms. The van der Waals surface area contributed by atoms with E-state index in [1.54, 1.807) is 11.4 Å². The quantitative estimate of drug-likeness (QED) is 0.810. The summed E-state index contributed by atoms with van der Waals surface area (Å²) >= 11 is 0. The predicted molar refractivity (Wildman–Crippen MR) is 70.1 cm³/mol. The molecule has 0 aliphatic carbocycles. The van der Waals surface area contributed by atoms with Crippen LogP contribution in [-0.2, 0) is 10.2 Å². The van der Waals surface area contributed by atoms with E-state index in [4.69, 9.17) is 0 Å². The van der Waals surface area contributed by atoms with Crippen molar-refractivity contribution in [3.05, 3.63) is 0 Å². The van der Waals surface area contributed by atoms with Crippen LogP contribution in [0.15, 0.2) is 0 Å². The molecule has 1 saturated heterocycles. The van der Waals surface area contributed by atoms with E-state index in [0.29, 0.717) is 13.1 Å². The van der Waals surface area contributed by atoms with Gasteiger partial charge in [-0.1, -0.05) is 6.92 Å². The molecular weight excluding hydrogens is 238 g/mol. The number of nitrogens with one attached hydrogen (secondary N) is 1. The van der Waals surface area contributed by atoms with E-state index in [2.05, 4.69) is 5.32 Å². The van der Waals surface area contributed by atoms with E-state index in [1.807, 2.05) is 20.8 Å². The van der Waals surface area contributed by atoms with Crippen molar-refractivity contribution < 1.29 is 8.42 Å². The molecule has 1 N–H and O–H groups in total. The van der Waals surface area contributed by atoms with Crippen LogP contribution in [0.1, 0.15) is 33.6 Å². The summed E-state index contributed by atoms with van der Waals surface area (Å²) in [5.74, 6) is 0. The van der Waals surface area contributed by atoms with Gasteiger partial charge in [0.1, 0.15) is 0 Å². The summed E-state index contributed by atoms with van der Waals surface area (Å²) in [6.07, 6.45) is 1.68. The Morgan fingerprint density at radius 1 is 1.29 bits per heavy atom. The van der Waals surface area contributed by atoms with E-state index in [9.17, 15) is 8.42 Å². The maximum atomic E-state index is 12.5. The van der Waals surface area contributed by atoms with Gasteiger partial charge in [-0.05, 0) is 33.2 Å². The first kappa shape index (κ1) is 14.9. The molecule has 0 saturated carbocycles. The van der Waals surface area contributed by atoms with E-state index < -0.39 is 10.2 Å². The Bertz CT molecular complexity index is 333. The van der Waals surface area contributed by atoms with Gasteiger partial charge in [-0.3, -0.25) is 0 Å². The first-order chi connectivity index (χ1) is 7.82. The summed E-state index contributed by atoms with van der Waals surface area (Å²) in [7, 11) is -1.65. The Hall–Kier alpha value is -0.170. The zero-order valence-electron chi connectivity index (χ0n) is 11.4. The van der Waals surface area contributed by atoms with Gasteiger partial charge in [-0.15, -0.1) is 0 Å². The number of hydrogen-bond acceptors (Lipinski definition) is 3. The first-order valence-corrected chi connectivity index (χ1v) is 7.67. The van der Waals surface area contributed by atoms with Gasteiger partial charge in [0.05, 0.1) is 0 Å². The molecule has 0 aromatic rings. The molecule has 0 unspecified atom stereocenters. The van der Waals surface area contributed by atoms with Crippen LogP contribution in [0.3, 0.4) is 0 Å². The zero-order chi connectivity index (χ0) is 13.1. The van der Waals surface area contributed by atoms with Crippen molar-refractivity contribution in [2.45, 2.75) is 39.2 Å². The Morgan fingerprint density at radius 2 is 1.94 bits per heavy atom. The van der Waals surface area contributed by atoms with E-state index in [1.165, 1.54) is 4.31 Å². The molecule has 1 fully saturated rings. The molecular formula is C11H25N3O2S. The fraction of sp³-hybridized carbons (Fsp3) is 1.00. The molecule has 1 rings (SSSR count). The molecule has 0 spiro atoms. The molecule has 6 heteroatoms. The Balaban J connectivity index is 2.85. The van der Waals surface area contributed by atoms with Gasteiger partial charge in [-0.2, -0.15) is 17.0 Å². The molecule has 0 radical (unpaired) electrons.